The van der Waals surface area contributed by atoms with Crippen LogP contribution < -0.4 is 4.90 Å². The van der Waals surface area contributed by atoms with Crippen LogP contribution in [0.25, 0.3) is 10.8 Å². The van der Waals surface area contributed by atoms with Crippen LogP contribution in [-0.4, -0.2) is 38.9 Å². The molecule has 4 rings (SSSR count). The fourth-order valence-electron chi connectivity index (χ4n) is 3.39. The van der Waals surface area contributed by atoms with E-state index in [-0.39, 0.29) is 10.7 Å². The van der Waals surface area contributed by atoms with Crippen LogP contribution in [0.4, 0.5) is 10.1 Å². The average molecular weight is 405 g/mol. The predicted molar refractivity (Wildman–Crippen MR) is 106 cm³/mol. The molecule has 0 amide bonds. The van der Waals surface area contributed by atoms with Gasteiger partial charge in [0.05, 0.1) is 4.90 Å². The maximum Gasteiger partial charge on any atom is 0.243 e. The van der Waals surface area contributed by atoms with Crippen LogP contribution in [0.15, 0.2) is 65.6 Å². The minimum atomic E-state index is -3.59. The molecular weight excluding hydrogens is 387 g/mol. The molecule has 1 aliphatic rings. The lowest BCUT2D eigenvalue weighted by atomic mass is 10.1. The first-order valence-corrected chi connectivity index (χ1v) is 10.5. The second-order valence-corrected chi connectivity index (χ2v) is 8.84. The highest BCUT2D eigenvalue weighted by Gasteiger charge is 2.28. The van der Waals surface area contributed by atoms with Crippen LogP contribution in [0.5, 0.6) is 0 Å². The third kappa shape index (κ3) is 3.52. The SMILES string of the molecule is O=S(=O)(c1ccc2c(Cl)cccc2c1)N1CCN(c2cccc(F)c2)CC1. The number of hydrogen-bond donors (Lipinski definition) is 0. The van der Waals surface area contributed by atoms with Crippen molar-refractivity contribution in [1.82, 2.24) is 4.31 Å². The minimum absolute atomic E-state index is 0.261. The third-order valence-corrected chi connectivity index (χ3v) is 7.07. The Bertz CT molecular complexity index is 1100. The fourth-order valence-corrected chi connectivity index (χ4v) is 5.09. The van der Waals surface area contributed by atoms with Gasteiger partial charge in [-0.25, -0.2) is 12.8 Å². The highest BCUT2D eigenvalue weighted by Crippen LogP contribution is 2.28. The molecule has 4 nitrogen and oxygen atoms in total. The number of halogens is 2. The highest BCUT2D eigenvalue weighted by atomic mass is 35.5. The summed E-state index contributed by atoms with van der Waals surface area (Å²) < 4.78 is 41.0. The first-order valence-electron chi connectivity index (χ1n) is 8.64. The quantitative estimate of drug-likeness (QED) is 0.658. The molecule has 0 saturated carbocycles. The number of hydrogen-bond acceptors (Lipinski definition) is 3. The lowest BCUT2D eigenvalue weighted by Crippen LogP contribution is -2.48. The van der Waals surface area contributed by atoms with Crippen molar-refractivity contribution in [1.29, 1.82) is 0 Å². The molecule has 0 N–H and O–H groups in total. The van der Waals surface area contributed by atoms with Crippen LogP contribution in [0.2, 0.25) is 5.02 Å². The van der Waals surface area contributed by atoms with Crippen molar-refractivity contribution in [2.24, 2.45) is 0 Å². The van der Waals surface area contributed by atoms with Gasteiger partial charge in [0.2, 0.25) is 10.0 Å². The third-order valence-electron chi connectivity index (χ3n) is 4.85. The molecule has 140 valence electrons. The Kier molecular flexibility index (Phi) is 4.80. The number of sulfonamides is 1. The van der Waals surface area contributed by atoms with E-state index < -0.39 is 10.0 Å². The van der Waals surface area contributed by atoms with Gasteiger partial charge >= 0.3 is 0 Å². The van der Waals surface area contributed by atoms with Crippen LogP contribution in [0.3, 0.4) is 0 Å². The molecule has 0 aliphatic carbocycles. The molecule has 1 fully saturated rings. The van der Waals surface area contributed by atoms with E-state index in [1.165, 1.54) is 16.4 Å². The second-order valence-electron chi connectivity index (χ2n) is 6.49. The van der Waals surface area contributed by atoms with E-state index in [1.54, 1.807) is 36.4 Å². The number of fused-ring (bicyclic) bond motifs is 1. The molecule has 0 spiro atoms. The first kappa shape index (κ1) is 18.2. The van der Waals surface area contributed by atoms with Crippen molar-refractivity contribution in [3.05, 3.63) is 71.5 Å². The number of anilines is 1. The molecule has 0 aromatic heterocycles. The Morgan fingerprint density at radius 3 is 2.37 bits per heavy atom. The molecule has 0 bridgehead atoms. The summed E-state index contributed by atoms with van der Waals surface area (Å²) in [6, 6.07) is 16.8. The van der Waals surface area contributed by atoms with Crippen molar-refractivity contribution in [2.45, 2.75) is 4.90 Å². The normalized spacial score (nSPS) is 16.0. The number of piperazine rings is 1. The largest absolute Gasteiger partial charge is 0.369 e. The van der Waals surface area contributed by atoms with E-state index in [9.17, 15) is 12.8 Å². The van der Waals surface area contributed by atoms with Gasteiger partial charge in [0.25, 0.3) is 0 Å². The molecular formula is C20H18ClFN2O2S. The summed E-state index contributed by atoms with van der Waals surface area (Å²) in [5.41, 5.74) is 0.771. The zero-order valence-corrected chi connectivity index (χ0v) is 16.0. The van der Waals surface area contributed by atoms with Crippen LogP contribution in [0, 0.1) is 5.82 Å². The van der Waals surface area contributed by atoms with Gasteiger partial charge in [0.15, 0.2) is 0 Å². The summed E-state index contributed by atoms with van der Waals surface area (Å²) in [5.74, 6) is -0.294. The van der Waals surface area contributed by atoms with Gasteiger partial charge in [-0.3, -0.25) is 0 Å². The van der Waals surface area contributed by atoms with Gasteiger partial charge < -0.3 is 4.90 Å². The topological polar surface area (TPSA) is 40.6 Å². The number of rotatable bonds is 3. The Labute approximate surface area is 162 Å². The monoisotopic (exact) mass is 404 g/mol. The van der Waals surface area contributed by atoms with E-state index in [4.69, 9.17) is 11.6 Å². The van der Waals surface area contributed by atoms with Crippen molar-refractivity contribution < 1.29 is 12.8 Å². The molecule has 7 heteroatoms. The molecule has 3 aromatic rings. The van der Waals surface area contributed by atoms with Crippen molar-refractivity contribution in [2.75, 3.05) is 31.1 Å². The Balaban J connectivity index is 1.55. The summed E-state index contributed by atoms with van der Waals surface area (Å²) in [6.45, 7) is 1.74. The summed E-state index contributed by atoms with van der Waals surface area (Å²) in [5, 5.41) is 2.22. The van der Waals surface area contributed by atoms with Crippen LogP contribution >= 0.6 is 11.6 Å². The van der Waals surface area contributed by atoms with Gasteiger partial charge in [0, 0.05) is 42.3 Å². The summed E-state index contributed by atoms with van der Waals surface area (Å²) >= 11 is 6.17. The van der Waals surface area contributed by atoms with Gasteiger partial charge in [-0.05, 0) is 41.8 Å². The van der Waals surface area contributed by atoms with Gasteiger partial charge in [0.1, 0.15) is 5.82 Å². The molecule has 0 unspecified atom stereocenters. The fraction of sp³-hybridized carbons (Fsp3) is 0.200. The van der Waals surface area contributed by atoms with Crippen molar-refractivity contribution in [3.8, 4) is 0 Å². The zero-order valence-electron chi connectivity index (χ0n) is 14.5. The zero-order chi connectivity index (χ0) is 19.0. The maximum absolute atomic E-state index is 13.4. The van der Waals surface area contributed by atoms with Crippen LogP contribution in [0.1, 0.15) is 0 Å². The second kappa shape index (κ2) is 7.11. The molecule has 27 heavy (non-hydrogen) atoms. The highest BCUT2D eigenvalue weighted by molar-refractivity contribution is 7.89. The summed E-state index contributed by atoms with van der Waals surface area (Å²) in [6.07, 6.45) is 0. The van der Waals surface area contributed by atoms with Crippen molar-refractivity contribution in [3.63, 3.8) is 0 Å². The Hall–Kier alpha value is -2.15. The maximum atomic E-state index is 13.4. The van der Waals surface area contributed by atoms with E-state index in [1.807, 2.05) is 17.0 Å². The molecule has 1 saturated heterocycles. The molecule has 3 aromatic carbocycles. The minimum Gasteiger partial charge on any atom is -0.369 e. The average Bonchev–Trinajstić information content (AvgIpc) is 2.68. The Morgan fingerprint density at radius 2 is 1.63 bits per heavy atom. The van der Waals surface area contributed by atoms with E-state index >= 15 is 0 Å². The van der Waals surface area contributed by atoms with Gasteiger partial charge in [-0.1, -0.05) is 35.9 Å². The number of nitrogens with zero attached hydrogens (tertiary/aromatic N) is 2. The Morgan fingerprint density at radius 1 is 0.889 bits per heavy atom. The van der Waals surface area contributed by atoms with Gasteiger partial charge in [-0.2, -0.15) is 4.31 Å². The standard InChI is InChI=1S/C20H18ClFN2O2S/c21-20-6-1-3-15-13-18(7-8-19(15)20)27(25,26)24-11-9-23(10-12-24)17-5-2-4-16(22)14-17/h1-8,13-14H,9-12H2. The van der Waals surface area contributed by atoms with E-state index in [2.05, 4.69) is 0 Å². The molecule has 1 heterocycles. The summed E-state index contributed by atoms with van der Waals surface area (Å²) in [4.78, 5) is 2.26. The molecule has 0 radical (unpaired) electrons. The first-order chi connectivity index (χ1) is 12.9. The van der Waals surface area contributed by atoms with Crippen LogP contribution in [-0.2, 0) is 10.0 Å². The van der Waals surface area contributed by atoms with E-state index in [0.717, 1.165) is 16.5 Å². The molecule has 0 atom stereocenters. The van der Waals surface area contributed by atoms with Crippen molar-refractivity contribution >= 4 is 38.1 Å². The van der Waals surface area contributed by atoms with Gasteiger partial charge in [-0.15, -0.1) is 0 Å². The van der Waals surface area contributed by atoms with E-state index in [0.29, 0.717) is 31.2 Å². The number of benzene rings is 3. The lowest BCUT2D eigenvalue weighted by molar-refractivity contribution is 0.385. The predicted octanol–water partition coefficient (Wildman–Crippen LogP) is 4.14. The summed E-state index contributed by atoms with van der Waals surface area (Å²) in [7, 11) is -3.59. The molecule has 1 aliphatic heterocycles. The smallest absolute Gasteiger partial charge is 0.243 e. The lowest BCUT2D eigenvalue weighted by Gasteiger charge is -2.35.